The van der Waals surface area contributed by atoms with Crippen LogP contribution in [-0.2, 0) is 11.2 Å². The summed E-state index contributed by atoms with van der Waals surface area (Å²) in [6.45, 7) is 1.06. The quantitative estimate of drug-likeness (QED) is 0.721. The number of rotatable bonds is 1. The second-order valence-electron chi connectivity index (χ2n) is 6.09. The number of hydrogen-bond acceptors (Lipinski definition) is 2. The van der Waals surface area contributed by atoms with E-state index in [1.54, 1.807) is 0 Å². The van der Waals surface area contributed by atoms with Crippen LogP contribution in [0, 0.1) is 5.92 Å². The lowest BCUT2D eigenvalue weighted by Crippen LogP contribution is -2.46. The van der Waals surface area contributed by atoms with E-state index in [0.717, 1.165) is 24.4 Å². The van der Waals surface area contributed by atoms with Gasteiger partial charge in [-0.05, 0) is 37.0 Å². The molecule has 1 saturated heterocycles. The third-order valence-electron chi connectivity index (χ3n) is 4.78. The summed E-state index contributed by atoms with van der Waals surface area (Å²) in [6, 6.07) is 6.50. The average molecular weight is 292 g/mol. The van der Waals surface area contributed by atoms with Crippen molar-refractivity contribution in [3.8, 4) is 0 Å². The first-order valence-corrected chi connectivity index (χ1v) is 8.18. The first kappa shape index (κ1) is 13.9. The van der Waals surface area contributed by atoms with Crippen LogP contribution in [0.25, 0.3) is 0 Å². The maximum Gasteiger partial charge on any atom is 0.125 e. The Morgan fingerprint density at radius 3 is 2.80 bits per heavy atom. The number of hydrogen-bond donors (Lipinski definition) is 0. The highest BCUT2D eigenvalue weighted by molar-refractivity contribution is 6.30. The van der Waals surface area contributed by atoms with Gasteiger partial charge in [0.15, 0.2) is 0 Å². The summed E-state index contributed by atoms with van der Waals surface area (Å²) >= 11 is 6.19. The van der Waals surface area contributed by atoms with Crippen molar-refractivity contribution in [2.75, 3.05) is 11.4 Å². The number of carbonyl (C=O) groups is 1. The molecule has 0 spiro atoms. The van der Waals surface area contributed by atoms with Gasteiger partial charge in [0, 0.05) is 29.2 Å². The molecule has 3 rings (SSSR count). The van der Waals surface area contributed by atoms with Gasteiger partial charge in [0.05, 0.1) is 0 Å². The van der Waals surface area contributed by atoms with Crippen molar-refractivity contribution in [3.63, 3.8) is 0 Å². The summed E-state index contributed by atoms with van der Waals surface area (Å²) in [4.78, 5) is 14.0. The van der Waals surface area contributed by atoms with Crippen molar-refractivity contribution < 1.29 is 4.79 Å². The SMILES string of the molecule is O=C[C@@H]1Cc2ccc(Cl)cc2N2CCCCCCC[C@@H]12. The molecule has 108 valence electrons. The van der Waals surface area contributed by atoms with Crippen LogP contribution in [-0.4, -0.2) is 18.9 Å². The topological polar surface area (TPSA) is 20.3 Å². The fourth-order valence-corrected chi connectivity index (χ4v) is 3.90. The molecule has 0 aromatic heterocycles. The van der Waals surface area contributed by atoms with E-state index < -0.39 is 0 Å². The molecule has 2 nitrogen and oxygen atoms in total. The Bertz CT molecular complexity index is 488. The molecule has 0 aliphatic carbocycles. The van der Waals surface area contributed by atoms with Gasteiger partial charge in [-0.2, -0.15) is 0 Å². The molecule has 0 saturated carbocycles. The van der Waals surface area contributed by atoms with Gasteiger partial charge in [0.25, 0.3) is 0 Å². The maximum atomic E-state index is 11.5. The molecule has 2 heterocycles. The van der Waals surface area contributed by atoms with Crippen LogP contribution in [0.3, 0.4) is 0 Å². The second kappa shape index (κ2) is 6.17. The lowest BCUT2D eigenvalue weighted by molar-refractivity contribution is -0.111. The number of halogens is 1. The zero-order chi connectivity index (χ0) is 13.9. The van der Waals surface area contributed by atoms with E-state index in [0.29, 0.717) is 6.04 Å². The van der Waals surface area contributed by atoms with E-state index in [1.165, 1.54) is 49.6 Å². The molecule has 0 N–H and O–H groups in total. The fraction of sp³-hybridized carbons (Fsp3) is 0.588. The Morgan fingerprint density at radius 2 is 1.95 bits per heavy atom. The molecule has 0 radical (unpaired) electrons. The highest BCUT2D eigenvalue weighted by Gasteiger charge is 2.33. The van der Waals surface area contributed by atoms with Gasteiger partial charge in [-0.25, -0.2) is 0 Å². The van der Waals surface area contributed by atoms with E-state index >= 15 is 0 Å². The largest absolute Gasteiger partial charge is 0.368 e. The number of aldehydes is 1. The minimum atomic E-state index is 0.141. The van der Waals surface area contributed by atoms with Crippen LogP contribution < -0.4 is 4.90 Å². The summed E-state index contributed by atoms with van der Waals surface area (Å²) < 4.78 is 0. The van der Waals surface area contributed by atoms with Crippen LogP contribution in [0.4, 0.5) is 5.69 Å². The van der Waals surface area contributed by atoms with Crippen LogP contribution in [0.1, 0.15) is 44.1 Å². The molecule has 20 heavy (non-hydrogen) atoms. The van der Waals surface area contributed by atoms with Crippen molar-refractivity contribution in [1.29, 1.82) is 0 Å². The summed E-state index contributed by atoms with van der Waals surface area (Å²) in [5, 5.41) is 0.798. The molecule has 0 bridgehead atoms. The molecule has 2 aliphatic rings. The normalized spacial score (nSPS) is 26.8. The van der Waals surface area contributed by atoms with Gasteiger partial charge in [-0.3, -0.25) is 0 Å². The Balaban J connectivity index is 1.98. The van der Waals surface area contributed by atoms with Gasteiger partial charge in [0.2, 0.25) is 0 Å². The van der Waals surface area contributed by atoms with Crippen molar-refractivity contribution in [3.05, 3.63) is 28.8 Å². The third kappa shape index (κ3) is 2.71. The Morgan fingerprint density at radius 1 is 1.15 bits per heavy atom. The van der Waals surface area contributed by atoms with Crippen LogP contribution >= 0.6 is 11.6 Å². The van der Waals surface area contributed by atoms with Gasteiger partial charge in [0.1, 0.15) is 6.29 Å². The summed E-state index contributed by atoms with van der Waals surface area (Å²) in [6.07, 6.45) is 9.56. The van der Waals surface area contributed by atoms with Crippen molar-refractivity contribution >= 4 is 23.6 Å². The van der Waals surface area contributed by atoms with E-state index in [-0.39, 0.29) is 5.92 Å². The fourth-order valence-electron chi connectivity index (χ4n) is 3.74. The van der Waals surface area contributed by atoms with Crippen LogP contribution in [0.2, 0.25) is 5.02 Å². The summed E-state index contributed by atoms with van der Waals surface area (Å²) in [5.41, 5.74) is 2.55. The smallest absolute Gasteiger partial charge is 0.125 e. The molecule has 1 fully saturated rings. The molecule has 2 atom stereocenters. The molecular weight excluding hydrogens is 270 g/mol. The lowest BCUT2D eigenvalue weighted by atomic mass is 9.84. The zero-order valence-corrected chi connectivity index (χ0v) is 12.6. The summed E-state index contributed by atoms with van der Waals surface area (Å²) in [5.74, 6) is 0.141. The van der Waals surface area contributed by atoms with Gasteiger partial charge in [-0.15, -0.1) is 0 Å². The van der Waals surface area contributed by atoms with Crippen LogP contribution in [0.15, 0.2) is 18.2 Å². The highest BCUT2D eigenvalue weighted by Crippen LogP contribution is 2.37. The van der Waals surface area contributed by atoms with Crippen molar-refractivity contribution in [1.82, 2.24) is 0 Å². The minimum Gasteiger partial charge on any atom is -0.368 e. The Labute approximate surface area is 126 Å². The molecule has 0 amide bonds. The van der Waals surface area contributed by atoms with E-state index in [9.17, 15) is 4.79 Å². The first-order chi connectivity index (χ1) is 9.79. The molecule has 0 unspecified atom stereocenters. The van der Waals surface area contributed by atoms with Gasteiger partial charge in [-0.1, -0.05) is 43.4 Å². The third-order valence-corrected chi connectivity index (χ3v) is 5.02. The Hall–Kier alpha value is -1.02. The molecule has 1 aromatic rings. The molecule has 1 aromatic carbocycles. The molecular formula is C17H22ClNO. The lowest BCUT2D eigenvalue weighted by Gasteiger charge is -2.42. The zero-order valence-electron chi connectivity index (χ0n) is 11.9. The van der Waals surface area contributed by atoms with Crippen LogP contribution in [0.5, 0.6) is 0 Å². The van der Waals surface area contributed by atoms with Gasteiger partial charge >= 0.3 is 0 Å². The average Bonchev–Trinajstić information content (AvgIpc) is 2.58. The molecule has 3 heteroatoms. The minimum absolute atomic E-state index is 0.141. The molecule has 2 aliphatic heterocycles. The Kier molecular flexibility index (Phi) is 4.30. The highest BCUT2D eigenvalue weighted by atomic mass is 35.5. The van der Waals surface area contributed by atoms with Gasteiger partial charge < -0.3 is 9.69 Å². The predicted octanol–water partition coefficient (Wildman–Crippen LogP) is 4.24. The predicted molar refractivity (Wildman–Crippen MR) is 83.5 cm³/mol. The first-order valence-electron chi connectivity index (χ1n) is 7.80. The van der Waals surface area contributed by atoms with Crippen molar-refractivity contribution in [2.45, 2.75) is 51.0 Å². The number of benzene rings is 1. The van der Waals surface area contributed by atoms with E-state index in [1.807, 2.05) is 6.07 Å². The second-order valence-corrected chi connectivity index (χ2v) is 6.53. The number of anilines is 1. The standard InChI is InChI=1S/C17H22ClNO/c18-15-8-7-13-10-14(12-20)16-6-4-2-1-3-5-9-19(16)17(13)11-15/h7-8,11-12,14,16H,1-6,9-10H2/t14-,16-/m0/s1. The number of nitrogens with zero attached hydrogens (tertiary/aromatic N) is 1. The monoisotopic (exact) mass is 291 g/mol. The number of fused-ring (bicyclic) bond motifs is 3. The maximum absolute atomic E-state index is 11.5. The van der Waals surface area contributed by atoms with E-state index in [4.69, 9.17) is 11.6 Å². The number of carbonyl (C=O) groups excluding carboxylic acids is 1. The van der Waals surface area contributed by atoms with Crippen molar-refractivity contribution in [2.24, 2.45) is 5.92 Å². The van der Waals surface area contributed by atoms with E-state index in [2.05, 4.69) is 17.0 Å². The summed E-state index contributed by atoms with van der Waals surface area (Å²) in [7, 11) is 0.